The second kappa shape index (κ2) is 7.83. The number of aromatic nitrogens is 1. The molecule has 1 aliphatic rings. The van der Waals surface area contributed by atoms with Crippen molar-refractivity contribution in [1.29, 1.82) is 0 Å². The van der Waals surface area contributed by atoms with E-state index in [9.17, 15) is 19.1 Å². The van der Waals surface area contributed by atoms with Gasteiger partial charge in [0.25, 0.3) is 5.91 Å². The number of amides is 1. The lowest BCUT2D eigenvalue weighted by Gasteiger charge is -2.24. The first kappa shape index (κ1) is 21.4. The molecular weight excluding hydrogens is 467 g/mol. The second-order valence-corrected chi connectivity index (χ2v) is 9.14. The summed E-state index contributed by atoms with van der Waals surface area (Å²) in [6.07, 6.45) is 0. The van der Waals surface area contributed by atoms with Crippen LogP contribution in [0.15, 0.2) is 64.3 Å². The highest BCUT2D eigenvalue weighted by Crippen LogP contribution is 2.44. The number of aliphatic hydroxyl groups excluding tert-OH is 1. The van der Waals surface area contributed by atoms with E-state index in [-0.39, 0.29) is 16.5 Å². The number of carbonyl (C=O) groups is 2. The van der Waals surface area contributed by atoms with Crippen LogP contribution in [0.3, 0.4) is 0 Å². The Morgan fingerprint density at radius 3 is 2.67 bits per heavy atom. The largest absolute Gasteiger partial charge is 0.503 e. The minimum atomic E-state index is -1.10. The van der Waals surface area contributed by atoms with Crippen molar-refractivity contribution in [3.05, 3.63) is 93.4 Å². The number of Topliss-reactive ketones (excluding diaryl/α,β-unsaturated/α-hetero) is 1. The van der Waals surface area contributed by atoms with Gasteiger partial charge in [-0.3, -0.25) is 14.5 Å². The SMILES string of the molecule is Cc1ccc(C(=O)C2=C(O)C(=O)N(c3nc4ccc(Cl)cc4s3)C2c2ccc(C)c(F)c2)o1. The molecule has 2 aromatic heterocycles. The van der Waals surface area contributed by atoms with Crippen LogP contribution in [0.5, 0.6) is 0 Å². The Kier molecular flexibility index (Phi) is 5.07. The summed E-state index contributed by atoms with van der Waals surface area (Å²) in [5.74, 6) is -2.22. The average Bonchev–Trinajstić information content (AvgIpc) is 3.46. The number of thiazole rings is 1. The smallest absolute Gasteiger partial charge is 0.296 e. The number of anilines is 1. The van der Waals surface area contributed by atoms with E-state index in [2.05, 4.69) is 4.98 Å². The Labute approximate surface area is 196 Å². The van der Waals surface area contributed by atoms with Gasteiger partial charge in [0.1, 0.15) is 11.6 Å². The molecule has 1 atom stereocenters. The van der Waals surface area contributed by atoms with E-state index in [1.807, 2.05) is 0 Å². The maximum Gasteiger partial charge on any atom is 0.296 e. The molecule has 3 heterocycles. The molecule has 2 aromatic carbocycles. The number of hydrogen-bond donors (Lipinski definition) is 1. The van der Waals surface area contributed by atoms with E-state index in [0.717, 1.165) is 4.70 Å². The highest BCUT2D eigenvalue weighted by molar-refractivity contribution is 7.22. The summed E-state index contributed by atoms with van der Waals surface area (Å²) in [7, 11) is 0. The fraction of sp³-hybridized carbons (Fsp3) is 0.125. The molecule has 0 saturated carbocycles. The van der Waals surface area contributed by atoms with Gasteiger partial charge in [-0.1, -0.05) is 35.1 Å². The number of benzene rings is 2. The summed E-state index contributed by atoms with van der Waals surface area (Å²) in [6, 6.07) is 11.5. The predicted octanol–water partition coefficient (Wildman–Crippen LogP) is 6.08. The van der Waals surface area contributed by atoms with Crippen LogP contribution in [0.2, 0.25) is 5.02 Å². The molecule has 6 nitrogen and oxygen atoms in total. The fourth-order valence-electron chi connectivity index (χ4n) is 3.81. The number of halogens is 2. The summed E-state index contributed by atoms with van der Waals surface area (Å²) >= 11 is 7.26. The van der Waals surface area contributed by atoms with Crippen LogP contribution in [0, 0.1) is 19.7 Å². The normalized spacial score (nSPS) is 16.3. The molecular formula is C24H16ClFN2O4S. The van der Waals surface area contributed by atoms with Crippen LogP contribution in [-0.2, 0) is 4.79 Å². The minimum Gasteiger partial charge on any atom is -0.503 e. The van der Waals surface area contributed by atoms with Crippen LogP contribution in [0.1, 0.15) is 33.5 Å². The summed E-state index contributed by atoms with van der Waals surface area (Å²) < 4.78 is 20.7. The summed E-state index contributed by atoms with van der Waals surface area (Å²) in [6.45, 7) is 3.29. The summed E-state index contributed by atoms with van der Waals surface area (Å²) in [5, 5.41) is 11.5. The number of aliphatic hydroxyl groups is 1. The Morgan fingerprint density at radius 1 is 1.18 bits per heavy atom. The van der Waals surface area contributed by atoms with Crippen molar-refractivity contribution in [3.63, 3.8) is 0 Å². The number of fused-ring (bicyclic) bond motifs is 1. The molecule has 0 radical (unpaired) electrons. The maximum atomic E-state index is 14.5. The molecule has 1 amide bonds. The highest BCUT2D eigenvalue weighted by atomic mass is 35.5. The van der Waals surface area contributed by atoms with Crippen LogP contribution in [0.4, 0.5) is 9.52 Å². The predicted molar refractivity (Wildman–Crippen MR) is 123 cm³/mol. The van der Waals surface area contributed by atoms with Crippen LogP contribution >= 0.6 is 22.9 Å². The molecule has 1 aliphatic heterocycles. The van der Waals surface area contributed by atoms with Crippen molar-refractivity contribution in [2.75, 3.05) is 4.90 Å². The number of hydrogen-bond acceptors (Lipinski definition) is 6. The van der Waals surface area contributed by atoms with E-state index in [4.69, 9.17) is 16.0 Å². The van der Waals surface area contributed by atoms with Gasteiger partial charge in [0.15, 0.2) is 16.7 Å². The Morgan fingerprint density at radius 2 is 1.97 bits per heavy atom. The van der Waals surface area contributed by atoms with Gasteiger partial charge in [-0.2, -0.15) is 0 Å². The average molecular weight is 483 g/mol. The van der Waals surface area contributed by atoms with Crippen molar-refractivity contribution in [1.82, 2.24) is 4.98 Å². The van der Waals surface area contributed by atoms with Gasteiger partial charge < -0.3 is 9.52 Å². The third-order valence-corrected chi connectivity index (χ3v) is 6.73. The zero-order valence-electron chi connectivity index (χ0n) is 17.4. The zero-order valence-corrected chi connectivity index (χ0v) is 19.0. The number of carbonyl (C=O) groups excluding carboxylic acids is 2. The summed E-state index contributed by atoms with van der Waals surface area (Å²) in [5.41, 5.74) is 1.13. The lowest BCUT2D eigenvalue weighted by molar-refractivity contribution is -0.117. The van der Waals surface area contributed by atoms with E-state index >= 15 is 0 Å². The maximum absolute atomic E-state index is 14.5. The van der Waals surface area contributed by atoms with Crippen molar-refractivity contribution >= 4 is 50.0 Å². The van der Waals surface area contributed by atoms with E-state index < -0.39 is 29.3 Å². The van der Waals surface area contributed by atoms with Crippen LogP contribution < -0.4 is 4.90 Å². The number of nitrogens with zero attached hydrogens (tertiary/aromatic N) is 2. The first-order chi connectivity index (χ1) is 15.7. The van der Waals surface area contributed by atoms with Gasteiger partial charge >= 0.3 is 0 Å². The summed E-state index contributed by atoms with van der Waals surface area (Å²) in [4.78, 5) is 32.3. The van der Waals surface area contributed by atoms with Crippen molar-refractivity contribution in [2.45, 2.75) is 19.9 Å². The lowest BCUT2D eigenvalue weighted by Crippen LogP contribution is -2.31. The first-order valence-corrected chi connectivity index (χ1v) is 11.1. The monoisotopic (exact) mass is 482 g/mol. The van der Waals surface area contributed by atoms with Crippen LogP contribution in [0.25, 0.3) is 10.2 Å². The molecule has 0 fully saturated rings. The van der Waals surface area contributed by atoms with E-state index in [1.165, 1.54) is 28.4 Å². The molecule has 0 aliphatic carbocycles. The molecule has 33 heavy (non-hydrogen) atoms. The molecule has 166 valence electrons. The lowest BCUT2D eigenvalue weighted by atomic mass is 9.94. The molecule has 1 N–H and O–H groups in total. The van der Waals surface area contributed by atoms with E-state index in [0.29, 0.717) is 27.4 Å². The molecule has 0 saturated heterocycles. The van der Waals surface area contributed by atoms with Gasteiger partial charge in [-0.15, -0.1) is 0 Å². The topological polar surface area (TPSA) is 83.6 Å². The number of furan rings is 1. The molecule has 9 heteroatoms. The Hall–Kier alpha value is -3.49. The Balaban J connectivity index is 1.70. The standard InChI is InChI=1S/C24H16ClFN2O4S/c1-11-3-5-13(9-15(11)26)20-19(21(29)17-8-4-12(2)32-17)22(30)23(31)28(20)24-27-16-7-6-14(25)10-18(16)33-24/h3-10,20,30H,1-2H3. The van der Waals surface area contributed by atoms with Gasteiger partial charge in [0, 0.05) is 5.02 Å². The van der Waals surface area contributed by atoms with Gasteiger partial charge in [-0.25, -0.2) is 9.37 Å². The number of aryl methyl sites for hydroxylation is 2. The van der Waals surface area contributed by atoms with Crippen LogP contribution in [-0.4, -0.2) is 21.8 Å². The fourth-order valence-corrected chi connectivity index (χ4v) is 5.08. The number of ketones is 1. The first-order valence-electron chi connectivity index (χ1n) is 9.94. The minimum absolute atomic E-state index is 0.0302. The van der Waals surface area contributed by atoms with Gasteiger partial charge in [0.05, 0.1) is 21.8 Å². The molecule has 5 rings (SSSR count). The second-order valence-electron chi connectivity index (χ2n) is 7.70. The molecule has 0 bridgehead atoms. The molecule has 0 spiro atoms. The van der Waals surface area contributed by atoms with E-state index in [1.54, 1.807) is 50.2 Å². The zero-order chi connectivity index (χ0) is 23.4. The van der Waals surface area contributed by atoms with Crippen molar-refractivity contribution < 1.29 is 23.5 Å². The van der Waals surface area contributed by atoms with Crippen molar-refractivity contribution in [3.8, 4) is 0 Å². The van der Waals surface area contributed by atoms with Gasteiger partial charge in [-0.05, 0) is 61.4 Å². The molecule has 1 unspecified atom stereocenters. The third kappa shape index (κ3) is 3.51. The van der Waals surface area contributed by atoms with Crippen molar-refractivity contribution in [2.24, 2.45) is 0 Å². The number of rotatable bonds is 4. The highest BCUT2D eigenvalue weighted by Gasteiger charge is 2.46. The Bertz CT molecular complexity index is 1490. The third-order valence-electron chi connectivity index (χ3n) is 5.47. The van der Waals surface area contributed by atoms with Gasteiger partial charge in [0.2, 0.25) is 5.78 Å². The quantitative estimate of drug-likeness (QED) is 0.356. The molecule has 4 aromatic rings.